The number of rotatable bonds is 5. The van der Waals surface area contributed by atoms with Crippen molar-refractivity contribution in [2.45, 2.75) is 12.5 Å². The second kappa shape index (κ2) is 9.52. The Morgan fingerprint density at radius 3 is 2.86 bits per heavy atom. The van der Waals surface area contributed by atoms with E-state index in [2.05, 4.69) is 19.9 Å². The van der Waals surface area contributed by atoms with Gasteiger partial charge in [-0.25, -0.2) is 9.37 Å². The molecule has 2 aromatic carbocycles. The number of hydrogen-bond acceptors (Lipinski definition) is 8. The van der Waals surface area contributed by atoms with Crippen molar-refractivity contribution in [3.8, 4) is 23.1 Å². The lowest BCUT2D eigenvalue weighted by Crippen LogP contribution is -2.46. The summed E-state index contributed by atoms with van der Waals surface area (Å²) in [7, 11) is 1.65. The SMILES string of the molecule is COc1cccc(C2=CN=C(C3CN(c4cc(-c5ccc(C#N)c(F)c5)nc(N)n4)CCO3)C2)c1. The van der Waals surface area contributed by atoms with Gasteiger partial charge in [-0.1, -0.05) is 18.2 Å². The molecule has 8 nitrogen and oxygen atoms in total. The molecule has 1 aromatic heterocycles. The molecule has 5 rings (SSSR count). The smallest absolute Gasteiger partial charge is 0.222 e. The molecule has 1 fully saturated rings. The van der Waals surface area contributed by atoms with E-state index in [-0.39, 0.29) is 17.6 Å². The van der Waals surface area contributed by atoms with E-state index in [1.165, 1.54) is 12.1 Å². The van der Waals surface area contributed by atoms with E-state index in [4.69, 9.17) is 20.5 Å². The van der Waals surface area contributed by atoms with Crippen molar-refractivity contribution in [2.75, 3.05) is 37.4 Å². The molecule has 1 unspecified atom stereocenters. The molecule has 0 saturated carbocycles. The molecule has 1 atom stereocenters. The normalized spacial score (nSPS) is 17.5. The second-order valence-electron chi connectivity index (χ2n) is 8.26. The van der Waals surface area contributed by atoms with Crippen LogP contribution in [-0.4, -0.2) is 48.6 Å². The predicted octanol–water partition coefficient (Wildman–Crippen LogP) is 3.84. The van der Waals surface area contributed by atoms with Crippen molar-refractivity contribution in [2.24, 2.45) is 4.99 Å². The Labute approximate surface area is 202 Å². The van der Waals surface area contributed by atoms with Gasteiger partial charge in [0.2, 0.25) is 5.95 Å². The summed E-state index contributed by atoms with van der Waals surface area (Å²) >= 11 is 0. The van der Waals surface area contributed by atoms with Gasteiger partial charge < -0.3 is 20.1 Å². The number of ether oxygens (including phenoxy) is 2. The number of aliphatic imine (C=N–C) groups is 1. The van der Waals surface area contributed by atoms with Crippen molar-refractivity contribution < 1.29 is 13.9 Å². The predicted molar refractivity (Wildman–Crippen MR) is 132 cm³/mol. The lowest BCUT2D eigenvalue weighted by atomic mass is 10.00. The molecule has 2 aliphatic heterocycles. The van der Waals surface area contributed by atoms with Crippen LogP contribution in [0.25, 0.3) is 16.8 Å². The average molecular weight is 471 g/mol. The largest absolute Gasteiger partial charge is 0.497 e. The molecule has 0 bridgehead atoms. The van der Waals surface area contributed by atoms with Gasteiger partial charge in [-0.2, -0.15) is 10.2 Å². The van der Waals surface area contributed by atoms with Crippen molar-refractivity contribution >= 4 is 23.1 Å². The lowest BCUT2D eigenvalue weighted by molar-refractivity contribution is 0.0829. The molecule has 1 saturated heterocycles. The number of nitrogen functional groups attached to an aromatic ring is 1. The Kier molecular flexibility index (Phi) is 6.12. The van der Waals surface area contributed by atoms with Crippen LogP contribution in [0.1, 0.15) is 17.5 Å². The van der Waals surface area contributed by atoms with Crippen LogP contribution >= 0.6 is 0 Å². The molecule has 2 aliphatic rings. The third kappa shape index (κ3) is 4.69. The van der Waals surface area contributed by atoms with Crippen LogP contribution in [-0.2, 0) is 4.74 Å². The van der Waals surface area contributed by atoms with Gasteiger partial charge >= 0.3 is 0 Å². The standard InChI is InChI=1S/C26H23FN6O2/c1-34-20-4-2-3-16(9-20)19-11-23(30-14-19)24-15-33(7-8-35-24)25-12-22(31-26(29)32-25)17-5-6-18(13-28)21(27)10-17/h2-6,9-10,12,14,24H,7-8,11,15H2,1H3,(H2,29,31,32). The molecule has 3 heterocycles. The minimum absolute atomic E-state index is 0.0220. The highest BCUT2D eigenvalue weighted by molar-refractivity contribution is 6.01. The van der Waals surface area contributed by atoms with Crippen LogP contribution in [0.5, 0.6) is 5.75 Å². The van der Waals surface area contributed by atoms with Gasteiger partial charge in [0.15, 0.2) is 0 Å². The first kappa shape index (κ1) is 22.5. The zero-order valence-electron chi connectivity index (χ0n) is 19.1. The number of halogens is 1. The van der Waals surface area contributed by atoms with Gasteiger partial charge in [-0.05, 0) is 35.4 Å². The summed E-state index contributed by atoms with van der Waals surface area (Å²) in [5.41, 5.74) is 10.1. The summed E-state index contributed by atoms with van der Waals surface area (Å²) in [5.74, 6) is 0.917. The summed E-state index contributed by atoms with van der Waals surface area (Å²) in [5, 5.41) is 8.98. The van der Waals surface area contributed by atoms with Crippen LogP contribution in [0.3, 0.4) is 0 Å². The first-order valence-electron chi connectivity index (χ1n) is 11.1. The fourth-order valence-electron chi connectivity index (χ4n) is 4.23. The summed E-state index contributed by atoms with van der Waals surface area (Å²) in [6.07, 6.45) is 2.37. The number of aromatic nitrogens is 2. The Morgan fingerprint density at radius 2 is 2.06 bits per heavy atom. The van der Waals surface area contributed by atoms with E-state index < -0.39 is 5.82 Å². The summed E-state index contributed by atoms with van der Waals surface area (Å²) in [6, 6.07) is 15.9. The molecule has 35 heavy (non-hydrogen) atoms. The Bertz CT molecular complexity index is 1380. The van der Waals surface area contributed by atoms with E-state index in [1.54, 1.807) is 19.2 Å². The van der Waals surface area contributed by atoms with Crippen LogP contribution in [0, 0.1) is 17.1 Å². The number of morpholine rings is 1. The van der Waals surface area contributed by atoms with Crippen molar-refractivity contribution in [3.63, 3.8) is 0 Å². The molecule has 2 N–H and O–H groups in total. The summed E-state index contributed by atoms with van der Waals surface area (Å²) in [6.45, 7) is 1.68. The highest BCUT2D eigenvalue weighted by Gasteiger charge is 2.28. The molecule has 0 spiro atoms. The number of nitrogens with two attached hydrogens (primary N) is 1. The monoisotopic (exact) mass is 470 g/mol. The molecule has 176 valence electrons. The molecular formula is C26H23FN6O2. The number of nitriles is 1. The zero-order valence-corrected chi connectivity index (χ0v) is 19.1. The lowest BCUT2D eigenvalue weighted by Gasteiger charge is -2.34. The molecule has 0 radical (unpaired) electrons. The third-order valence-corrected chi connectivity index (χ3v) is 6.08. The number of benzene rings is 2. The molecule has 0 aliphatic carbocycles. The minimum Gasteiger partial charge on any atom is -0.497 e. The zero-order chi connectivity index (χ0) is 24.4. The quantitative estimate of drug-likeness (QED) is 0.603. The number of methoxy groups -OCH3 is 1. The first-order chi connectivity index (χ1) is 17.0. The van der Waals surface area contributed by atoms with Crippen LogP contribution in [0.2, 0.25) is 0 Å². The van der Waals surface area contributed by atoms with Crippen molar-refractivity contribution in [3.05, 3.63) is 71.7 Å². The van der Waals surface area contributed by atoms with E-state index >= 15 is 0 Å². The maximum Gasteiger partial charge on any atom is 0.222 e. The topological polar surface area (TPSA) is 110 Å². The Hall–Kier alpha value is -4.29. The molecule has 0 amide bonds. The fraction of sp³-hybridized carbons (Fsp3) is 0.231. The van der Waals surface area contributed by atoms with Gasteiger partial charge in [-0.15, -0.1) is 0 Å². The second-order valence-corrected chi connectivity index (χ2v) is 8.26. The number of anilines is 2. The van der Waals surface area contributed by atoms with Crippen LogP contribution < -0.4 is 15.4 Å². The first-order valence-corrected chi connectivity index (χ1v) is 11.1. The van der Waals surface area contributed by atoms with Crippen LogP contribution in [0.15, 0.2) is 59.7 Å². The number of nitrogens with zero attached hydrogens (tertiary/aromatic N) is 5. The molecule has 9 heteroatoms. The third-order valence-electron chi connectivity index (χ3n) is 6.08. The van der Waals surface area contributed by atoms with Gasteiger partial charge in [0, 0.05) is 30.8 Å². The fourth-order valence-corrected chi connectivity index (χ4v) is 4.23. The Balaban J connectivity index is 1.32. The summed E-state index contributed by atoms with van der Waals surface area (Å²) in [4.78, 5) is 15.4. The molecule has 3 aromatic rings. The van der Waals surface area contributed by atoms with Gasteiger partial charge in [0.25, 0.3) is 0 Å². The maximum absolute atomic E-state index is 14.2. The number of allylic oxidation sites excluding steroid dienone is 1. The molecular weight excluding hydrogens is 447 g/mol. The highest BCUT2D eigenvalue weighted by Crippen LogP contribution is 2.30. The van der Waals surface area contributed by atoms with Crippen LogP contribution in [0.4, 0.5) is 16.2 Å². The summed E-state index contributed by atoms with van der Waals surface area (Å²) < 4.78 is 25.5. The van der Waals surface area contributed by atoms with Gasteiger partial charge in [-0.3, -0.25) is 4.99 Å². The Morgan fingerprint density at radius 1 is 1.17 bits per heavy atom. The van der Waals surface area contributed by atoms with Gasteiger partial charge in [0.05, 0.1) is 37.2 Å². The van der Waals surface area contributed by atoms with Gasteiger partial charge in [0.1, 0.15) is 29.6 Å². The maximum atomic E-state index is 14.2. The van der Waals surface area contributed by atoms with Crippen molar-refractivity contribution in [1.82, 2.24) is 9.97 Å². The number of hydrogen-bond donors (Lipinski definition) is 1. The average Bonchev–Trinajstić information content (AvgIpc) is 3.39. The van der Waals surface area contributed by atoms with E-state index in [9.17, 15) is 4.39 Å². The van der Waals surface area contributed by atoms with E-state index in [0.717, 1.165) is 22.6 Å². The minimum atomic E-state index is -0.603. The van der Waals surface area contributed by atoms with E-state index in [0.29, 0.717) is 43.2 Å². The van der Waals surface area contributed by atoms with Crippen molar-refractivity contribution in [1.29, 1.82) is 5.26 Å². The van der Waals surface area contributed by atoms with E-state index in [1.807, 2.05) is 36.5 Å². The highest BCUT2D eigenvalue weighted by atomic mass is 19.1.